The van der Waals surface area contributed by atoms with Crippen LogP contribution in [-0.2, 0) is 16.4 Å². The first-order valence-electron chi connectivity index (χ1n) is 7.37. The van der Waals surface area contributed by atoms with Gasteiger partial charge in [0.05, 0.1) is 29.7 Å². The molecule has 1 saturated heterocycles. The van der Waals surface area contributed by atoms with E-state index >= 15 is 0 Å². The van der Waals surface area contributed by atoms with E-state index in [1.165, 1.54) is 18.2 Å². The van der Waals surface area contributed by atoms with Crippen LogP contribution in [0, 0.1) is 17.1 Å². The number of nitrogens with one attached hydrogen (secondary N) is 2. The minimum Gasteiger partial charge on any atom is -0.357 e. The van der Waals surface area contributed by atoms with Gasteiger partial charge in [0.15, 0.2) is 15.8 Å². The minimum atomic E-state index is -2.97. The number of guanidine groups is 1. The molecule has 1 heterocycles. The third-order valence-electron chi connectivity index (χ3n) is 3.51. The first kappa shape index (κ1) is 20.6. The molecule has 1 aromatic carbocycles. The molecular weight excluding hydrogens is 446 g/mol. The highest BCUT2D eigenvalue weighted by molar-refractivity contribution is 14.0. The maximum Gasteiger partial charge on any atom is 0.191 e. The highest BCUT2D eigenvalue weighted by Crippen LogP contribution is 2.12. The van der Waals surface area contributed by atoms with Crippen LogP contribution in [0.4, 0.5) is 4.39 Å². The van der Waals surface area contributed by atoms with Crippen molar-refractivity contribution in [3.05, 3.63) is 35.1 Å². The van der Waals surface area contributed by atoms with Crippen molar-refractivity contribution in [2.24, 2.45) is 4.99 Å². The van der Waals surface area contributed by atoms with Crippen molar-refractivity contribution < 1.29 is 12.8 Å². The van der Waals surface area contributed by atoms with Crippen LogP contribution in [0.3, 0.4) is 0 Å². The Morgan fingerprint density at radius 2 is 2.25 bits per heavy atom. The fourth-order valence-electron chi connectivity index (χ4n) is 2.33. The Morgan fingerprint density at radius 3 is 2.79 bits per heavy atom. The van der Waals surface area contributed by atoms with Gasteiger partial charge in [-0.25, -0.2) is 17.8 Å². The summed E-state index contributed by atoms with van der Waals surface area (Å²) in [7, 11) is -2.97. The zero-order valence-electron chi connectivity index (χ0n) is 13.3. The van der Waals surface area contributed by atoms with E-state index in [9.17, 15) is 12.8 Å². The van der Waals surface area contributed by atoms with Crippen molar-refractivity contribution in [3.8, 4) is 6.07 Å². The Labute approximate surface area is 158 Å². The molecule has 0 saturated carbocycles. The van der Waals surface area contributed by atoms with Gasteiger partial charge in [0, 0.05) is 18.2 Å². The minimum absolute atomic E-state index is 0. The molecule has 0 aliphatic carbocycles. The SMILES string of the molecule is CCNC(=NCc1ccc(C#N)cc1F)NC1CCS(=O)(=O)C1.I. The molecule has 1 unspecified atom stereocenters. The normalized spacial score (nSPS) is 19.2. The number of hydrogen-bond donors (Lipinski definition) is 2. The molecule has 0 spiro atoms. The quantitative estimate of drug-likeness (QED) is 0.399. The number of nitriles is 1. The molecule has 1 aliphatic rings. The molecule has 0 bridgehead atoms. The predicted molar refractivity (Wildman–Crippen MR) is 102 cm³/mol. The zero-order valence-corrected chi connectivity index (χ0v) is 16.4. The molecule has 1 aliphatic heterocycles. The van der Waals surface area contributed by atoms with Crippen LogP contribution in [0.2, 0.25) is 0 Å². The Kier molecular flexibility index (Phi) is 7.89. The number of nitrogens with zero attached hydrogens (tertiary/aromatic N) is 2. The first-order chi connectivity index (χ1) is 10.9. The lowest BCUT2D eigenvalue weighted by Crippen LogP contribution is -2.44. The summed E-state index contributed by atoms with van der Waals surface area (Å²) in [6.45, 7) is 2.61. The second-order valence-electron chi connectivity index (χ2n) is 5.36. The summed E-state index contributed by atoms with van der Waals surface area (Å²) >= 11 is 0. The van der Waals surface area contributed by atoms with Crippen LogP contribution >= 0.6 is 24.0 Å². The van der Waals surface area contributed by atoms with Crippen molar-refractivity contribution in [2.75, 3.05) is 18.1 Å². The second kappa shape index (κ2) is 9.17. The molecule has 0 amide bonds. The Morgan fingerprint density at radius 1 is 1.50 bits per heavy atom. The van der Waals surface area contributed by atoms with E-state index in [1.54, 1.807) is 0 Å². The number of halogens is 2. The van der Waals surface area contributed by atoms with E-state index in [1.807, 2.05) is 13.0 Å². The maximum absolute atomic E-state index is 13.8. The van der Waals surface area contributed by atoms with Gasteiger partial charge in [-0.15, -0.1) is 24.0 Å². The number of rotatable bonds is 4. The van der Waals surface area contributed by atoms with Gasteiger partial charge in [0.25, 0.3) is 0 Å². The van der Waals surface area contributed by atoms with Gasteiger partial charge in [-0.05, 0) is 25.5 Å². The average Bonchev–Trinajstić information content (AvgIpc) is 2.84. The van der Waals surface area contributed by atoms with Crippen molar-refractivity contribution in [2.45, 2.75) is 25.9 Å². The van der Waals surface area contributed by atoms with Crippen LogP contribution in [0.15, 0.2) is 23.2 Å². The fourth-order valence-corrected chi connectivity index (χ4v) is 4.00. The molecule has 1 aromatic rings. The molecule has 0 radical (unpaired) electrons. The van der Waals surface area contributed by atoms with Crippen LogP contribution in [0.1, 0.15) is 24.5 Å². The number of benzene rings is 1. The molecule has 24 heavy (non-hydrogen) atoms. The van der Waals surface area contributed by atoms with Crippen LogP contribution in [0.5, 0.6) is 0 Å². The molecule has 1 fully saturated rings. The largest absolute Gasteiger partial charge is 0.357 e. The van der Waals surface area contributed by atoms with E-state index in [0.29, 0.717) is 24.5 Å². The van der Waals surface area contributed by atoms with Gasteiger partial charge in [0.2, 0.25) is 0 Å². The first-order valence-corrected chi connectivity index (χ1v) is 9.19. The van der Waals surface area contributed by atoms with Gasteiger partial charge < -0.3 is 10.6 Å². The Bertz CT molecular complexity index is 746. The summed E-state index contributed by atoms with van der Waals surface area (Å²) in [5.74, 6) is 0.238. The Balaban J connectivity index is 0.00000288. The molecule has 1 atom stereocenters. The second-order valence-corrected chi connectivity index (χ2v) is 7.59. The van der Waals surface area contributed by atoms with Crippen LogP contribution in [0.25, 0.3) is 0 Å². The highest BCUT2D eigenvalue weighted by atomic mass is 127. The van der Waals surface area contributed by atoms with Gasteiger partial charge >= 0.3 is 0 Å². The summed E-state index contributed by atoms with van der Waals surface area (Å²) in [6.07, 6.45) is 0.540. The molecule has 0 aromatic heterocycles. The number of sulfone groups is 1. The molecule has 2 rings (SSSR count). The van der Waals surface area contributed by atoms with Gasteiger partial charge in [-0.2, -0.15) is 5.26 Å². The summed E-state index contributed by atoms with van der Waals surface area (Å²) in [5, 5.41) is 14.8. The molecule has 9 heteroatoms. The lowest BCUT2D eigenvalue weighted by molar-refractivity contribution is 0.599. The van der Waals surface area contributed by atoms with Gasteiger partial charge in [-0.1, -0.05) is 6.07 Å². The number of hydrogen-bond acceptors (Lipinski definition) is 4. The highest BCUT2D eigenvalue weighted by Gasteiger charge is 2.28. The summed E-state index contributed by atoms with van der Waals surface area (Å²) in [5.41, 5.74) is 0.636. The predicted octanol–water partition coefficient (Wildman–Crippen LogP) is 1.56. The zero-order chi connectivity index (χ0) is 16.9. The smallest absolute Gasteiger partial charge is 0.191 e. The molecule has 6 nitrogen and oxygen atoms in total. The summed E-state index contributed by atoms with van der Waals surface area (Å²) < 4.78 is 36.8. The maximum atomic E-state index is 13.8. The molecule has 2 N–H and O–H groups in total. The average molecular weight is 466 g/mol. The molecular formula is C15H20FIN4O2S. The van der Waals surface area contributed by atoms with Crippen molar-refractivity contribution in [1.82, 2.24) is 10.6 Å². The number of aliphatic imine (C=N–C) groups is 1. The standard InChI is InChI=1S/C15H19FN4O2S.HI/c1-2-18-15(20-13-5-6-23(21,22)10-13)19-9-12-4-3-11(8-17)7-14(12)16;/h3-4,7,13H,2,5-6,9-10H2,1H3,(H2,18,19,20);1H. The monoisotopic (exact) mass is 466 g/mol. The Hall–Kier alpha value is -1.41. The van der Waals surface area contributed by atoms with E-state index in [0.717, 1.165) is 0 Å². The van der Waals surface area contributed by atoms with Crippen molar-refractivity contribution in [1.29, 1.82) is 5.26 Å². The lowest BCUT2D eigenvalue weighted by Gasteiger charge is -2.15. The lowest BCUT2D eigenvalue weighted by atomic mass is 10.1. The van der Waals surface area contributed by atoms with Gasteiger partial charge in [0.1, 0.15) is 5.82 Å². The summed E-state index contributed by atoms with van der Waals surface area (Å²) in [6, 6.07) is 5.95. The topological polar surface area (TPSA) is 94.3 Å². The van der Waals surface area contributed by atoms with Crippen molar-refractivity contribution >= 4 is 39.8 Å². The fraction of sp³-hybridized carbons (Fsp3) is 0.467. The van der Waals surface area contributed by atoms with E-state index in [4.69, 9.17) is 5.26 Å². The van der Waals surface area contributed by atoms with Gasteiger partial charge in [-0.3, -0.25) is 0 Å². The van der Waals surface area contributed by atoms with Crippen LogP contribution in [-0.4, -0.2) is 38.5 Å². The van der Waals surface area contributed by atoms with Crippen molar-refractivity contribution in [3.63, 3.8) is 0 Å². The third-order valence-corrected chi connectivity index (χ3v) is 5.28. The van der Waals surface area contributed by atoms with E-state index in [2.05, 4.69) is 15.6 Å². The molecule has 132 valence electrons. The van der Waals surface area contributed by atoms with E-state index < -0.39 is 15.7 Å². The van der Waals surface area contributed by atoms with E-state index in [-0.39, 0.29) is 53.6 Å². The van der Waals surface area contributed by atoms with Crippen LogP contribution < -0.4 is 10.6 Å². The third kappa shape index (κ3) is 5.90. The summed E-state index contributed by atoms with van der Waals surface area (Å²) in [4.78, 5) is 4.29.